The molecule has 174 valence electrons. The minimum atomic E-state index is -0.481. The first kappa shape index (κ1) is 23.1. The average molecular weight is 469 g/mol. The molecule has 1 aromatic carbocycles. The van der Waals surface area contributed by atoms with Gasteiger partial charge in [0.25, 0.3) is 5.56 Å². The smallest absolute Gasteiger partial charge is 0.343 e. The first-order valence-electron chi connectivity index (χ1n) is 10.9. The Bertz CT molecular complexity index is 1160. The van der Waals surface area contributed by atoms with Gasteiger partial charge in [0.2, 0.25) is 0 Å². The Balaban J connectivity index is 1.55. The monoisotopic (exact) mass is 468 g/mol. The van der Waals surface area contributed by atoms with E-state index in [1.54, 1.807) is 23.0 Å². The third kappa shape index (κ3) is 5.46. The number of rotatable bonds is 8. The molecule has 0 spiro atoms. The summed E-state index contributed by atoms with van der Waals surface area (Å²) in [5, 5.41) is 4.08. The molecule has 0 atom stereocenters. The van der Waals surface area contributed by atoms with E-state index in [9.17, 15) is 9.59 Å². The number of hydrogen-bond acceptors (Lipinski definition) is 7. The van der Waals surface area contributed by atoms with Gasteiger partial charge in [-0.05, 0) is 40.1 Å². The molecule has 0 saturated heterocycles. The summed E-state index contributed by atoms with van der Waals surface area (Å²) in [6, 6.07) is 11.4. The lowest BCUT2D eigenvalue weighted by Crippen LogP contribution is -2.29. The van der Waals surface area contributed by atoms with Crippen molar-refractivity contribution >= 4 is 17.3 Å². The summed E-state index contributed by atoms with van der Waals surface area (Å²) in [4.78, 5) is 27.9. The lowest BCUT2D eigenvalue weighted by Gasteiger charge is -2.19. The second-order valence-corrected chi connectivity index (χ2v) is 8.70. The molecule has 33 heavy (non-hydrogen) atoms. The van der Waals surface area contributed by atoms with Crippen LogP contribution in [0.3, 0.4) is 0 Å². The van der Waals surface area contributed by atoms with Crippen LogP contribution in [0.2, 0.25) is 0 Å². The number of pyridine rings is 1. The van der Waals surface area contributed by atoms with E-state index in [0.717, 1.165) is 17.9 Å². The number of fused-ring (bicyclic) bond motifs is 1. The lowest BCUT2D eigenvalue weighted by atomic mass is 10.1. The van der Waals surface area contributed by atoms with Gasteiger partial charge in [-0.15, -0.1) is 0 Å². The first-order chi connectivity index (χ1) is 16.1. The standard InChI is InChI=1S/C25H28N2O5S/c1-30-20-5-3-4-19(14-20)16-26-9-6-21-24(25(29)31-2)22(15-23(28)27(21)11-10-26)32-12-7-18-8-13-33-17-18/h3-5,8,13-15,17H,6-7,9-12,16H2,1-2H3. The van der Waals surface area contributed by atoms with E-state index in [1.165, 1.54) is 18.7 Å². The number of nitrogens with zero attached hydrogens (tertiary/aromatic N) is 2. The normalized spacial score (nSPS) is 13.8. The van der Waals surface area contributed by atoms with Crippen LogP contribution in [0.15, 0.2) is 52.0 Å². The van der Waals surface area contributed by atoms with Crippen molar-refractivity contribution in [1.29, 1.82) is 0 Å². The Morgan fingerprint density at radius 3 is 2.73 bits per heavy atom. The van der Waals surface area contributed by atoms with E-state index >= 15 is 0 Å². The van der Waals surface area contributed by atoms with Crippen LogP contribution >= 0.6 is 11.3 Å². The van der Waals surface area contributed by atoms with Crippen molar-refractivity contribution < 1.29 is 19.0 Å². The summed E-state index contributed by atoms with van der Waals surface area (Å²) in [5.74, 6) is 0.638. The second kappa shape index (κ2) is 10.7. The van der Waals surface area contributed by atoms with Crippen molar-refractivity contribution in [3.8, 4) is 11.5 Å². The number of aromatic nitrogens is 1. The molecule has 1 aliphatic heterocycles. The maximum Gasteiger partial charge on any atom is 0.343 e. The van der Waals surface area contributed by atoms with Gasteiger partial charge >= 0.3 is 5.97 Å². The predicted molar refractivity (Wildman–Crippen MR) is 128 cm³/mol. The Hall–Kier alpha value is -3.10. The SMILES string of the molecule is COC(=O)c1c(OCCc2ccsc2)cc(=O)n2c1CCN(Cc1cccc(OC)c1)CC2. The molecule has 0 fully saturated rings. The molecule has 8 heteroatoms. The minimum absolute atomic E-state index is 0.161. The summed E-state index contributed by atoms with van der Waals surface area (Å²) in [5.41, 5.74) is 3.17. The van der Waals surface area contributed by atoms with Gasteiger partial charge in [-0.3, -0.25) is 9.69 Å². The van der Waals surface area contributed by atoms with E-state index in [1.807, 2.05) is 29.6 Å². The van der Waals surface area contributed by atoms with Crippen LogP contribution in [-0.4, -0.2) is 49.4 Å². The van der Waals surface area contributed by atoms with Gasteiger partial charge in [-0.1, -0.05) is 12.1 Å². The highest BCUT2D eigenvalue weighted by Gasteiger charge is 2.26. The largest absolute Gasteiger partial charge is 0.497 e. The Morgan fingerprint density at radius 2 is 1.97 bits per heavy atom. The summed E-state index contributed by atoms with van der Waals surface area (Å²) in [6.45, 7) is 3.02. The summed E-state index contributed by atoms with van der Waals surface area (Å²) < 4.78 is 18.0. The Labute approximate surface area is 197 Å². The zero-order valence-electron chi connectivity index (χ0n) is 18.9. The number of carbonyl (C=O) groups is 1. The molecule has 0 radical (unpaired) electrons. The maximum absolute atomic E-state index is 12.9. The van der Waals surface area contributed by atoms with Crippen LogP contribution in [0.1, 0.15) is 27.2 Å². The predicted octanol–water partition coefficient (Wildman–Crippen LogP) is 3.38. The number of thiophene rings is 1. The number of methoxy groups -OCH3 is 2. The zero-order chi connectivity index (χ0) is 23.2. The Morgan fingerprint density at radius 1 is 1.09 bits per heavy atom. The highest BCUT2D eigenvalue weighted by Crippen LogP contribution is 2.25. The summed E-state index contributed by atoms with van der Waals surface area (Å²) in [7, 11) is 3.01. The van der Waals surface area contributed by atoms with Crippen molar-refractivity contribution in [2.45, 2.75) is 25.9 Å². The first-order valence-corrected chi connectivity index (χ1v) is 11.9. The van der Waals surface area contributed by atoms with Gasteiger partial charge < -0.3 is 18.8 Å². The van der Waals surface area contributed by atoms with Crippen LogP contribution in [0.25, 0.3) is 0 Å². The van der Waals surface area contributed by atoms with Crippen LogP contribution in [-0.2, 0) is 30.7 Å². The van der Waals surface area contributed by atoms with Gasteiger partial charge in [0.15, 0.2) is 0 Å². The number of carbonyl (C=O) groups excluding carboxylic acids is 1. The molecule has 0 aliphatic carbocycles. The third-order valence-electron chi connectivity index (χ3n) is 5.84. The molecule has 3 aromatic rings. The lowest BCUT2D eigenvalue weighted by molar-refractivity contribution is 0.0593. The fourth-order valence-corrected chi connectivity index (χ4v) is 4.83. The molecule has 2 aromatic heterocycles. The number of hydrogen-bond donors (Lipinski definition) is 0. The molecule has 0 N–H and O–H groups in total. The van der Waals surface area contributed by atoms with Crippen LogP contribution < -0.4 is 15.0 Å². The molecule has 1 aliphatic rings. The average Bonchev–Trinajstić information content (AvgIpc) is 3.26. The fourth-order valence-electron chi connectivity index (χ4n) is 4.13. The highest BCUT2D eigenvalue weighted by atomic mass is 32.1. The van der Waals surface area contributed by atoms with Crippen LogP contribution in [0.4, 0.5) is 0 Å². The van der Waals surface area contributed by atoms with Gasteiger partial charge in [0.05, 0.1) is 20.8 Å². The molecule has 0 saturated carbocycles. The van der Waals surface area contributed by atoms with Gasteiger partial charge in [0.1, 0.15) is 17.1 Å². The summed E-state index contributed by atoms with van der Waals surface area (Å²) in [6.07, 6.45) is 1.25. The van der Waals surface area contributed by atoms with E-state index in [2.05, 4.69) is 16.3 Å². The molecule has 4 rings (SSSR count). The topological polar surface area (TPSA) is 70.0 Å². The molecule has 3 heterocycles. The zero-order valence-corrected chi connectivity index (χ0v) is 19.7. The van der Waals surface area contributed by atoms with E-state index in [-0.39, 0.29) is 5.56 Å². The minimum Gasteiger partial charge on any atom is -0.497 e. The molecular formula is C25H28N2O5S. The van der Waals surface area contributed by atoms with Gasteiger partial charge in [-0.25, -0.2) is 4.79 Å². The number of esters is 1. The van der Waals surface area contributed by atoms with Crippen molar-refractivity contribution in [2.24, 2.45) is 0 Å². The van der Waals surface area contributed by atoms with Crippen molar-refractivity contribution in [1.82, 2.24) is 9.47 Å². The third-order valence-corrected chi connectivity index (χ3v) is 6.58. The maximum atomic E-state index is 12.9. The van der Waals surface area contributed by atoms with Crippen LogP contribution in [0.5, 0.6) is 11.5 Å². The molecule has 0 bridgehead atoms. The highest BCUT2D eigenvalue weighted by molar-refractivity contribution is 7.07. The fraction of sp³-hybridized carbons (Fsp3) is 0.360. The number of ether oxygens (including phenoxy) is 3. The second-order valence-electron chi connectivity index (χ2n) is 7.92. The quantitative estimate of drug-likeness (QED) is 0.472. The van der Waals surface area contributed by atoms with E-state index < -0.39 is 5.97 Å². The van der Waals surface area contributed by atoms with Gasteiger partial charge in [0, 0.05) is 50.8 Å². The molecule has 0 amide bonds. The van der Waals surface area contributed by atoms with E-state index in [4.69, 9.17) is 14.2 Å². The van der Waals surface area contributed by atoms with Crippen LogP contribution in [0, 0.1) is 0 Å². The van der Waals surface area contributed by atoms with Gasteiger partial charge in [-0.2, -0.15) is 11.3 Å². The molecule has 7 nitrogen and oxygen atoms in total. The Kier molecular flexibility index (Phi) is 7.47. The summed E-state index contributed by atoms with van der Waals surface area (Å²) >= 11 is 1.63. The van der Waals surface area contributed by atoms with E-state index in [0.29, 0.717) is 56.1 Å². The molecular weight excluding hydrogens is 440 g/mol. The molecule has 0 unspecified atom stereocenters. The van der Waals surface area contributed by atoms with Crippen molar-refractivity contribution in [3.63, 3.8) is 0 Å². The number of benzene rings is 1. The van der Waals surface area contributed by atoms with Crippen molar-refractivity contribution in [3.05, 3.63) is 79.9 Å². The van der Waals surface area contributed by atoms with Crippen molar-refractivity contribution in [2.75, 3.05) is 33.9 Å².